The summed E-state index contributed by atoms with van der Waals surface area (Å²) in [4.78, 5) is 0. The number of benzene rings is 1. The molecule has 0 spiro atoms. The number of hydrogen-bond acceptors (Lipinski definition) is 3. The van der Waals surface area contributed by atoms with Gasteiger partial charge in [-0.05, 0) is 37.0 Å². The van der Waals surface area contributed by atoms with Crippen molar-refractivity contribution in [3.8, 4) is 11.8 Å². The summed E-state index contributed by atoms with van der Waals surface area (Å²) in [6.45, 7) is 2.59. The number of hydrogen-bond donors (Lipinski definition) is 1. The minimum absolute atomic E-state index is 0.201. The van der Waals surface area contributed by atoms with E-state index in [0.717, 1.165) is 18.6 Å². The number of nitrogens with zero attached hydrogens (tertiary/aromatic N) is 1. The zero-order valence-corrected chi connectivity index (χ0v) is 10.9. The second-order valence-corrected chi connectivity index (χ2v) is 4.83. The first kappa shape index (κ1) is 12.9. The molecular formula is C15H20N2O. The molecule has 1 aromatic carbocycles. The van der Waals surface area contributed by atoms with Crippen LogP contribution < -0.4 is 10.1 Å². The van der Waals surface area contributed by atoms with Crippen molar-refractivity contribution in [1.29, 1.82) is 5.26 Å². The minimum atomic E-state index is -0.201. The molecule has 1 saturated carbocycles. The molecule has 0 heterocycles. The van der Waals surface area contributed by atoms with E-state index in [-0.39, 0.29) is 6.04 Å². The Kier molecular flexibility index (Phi) is 4.60. The molecule has 3 nitrogen and oxygen atoms in total. The molecule has 1 N–H and O–H groups in total. The van der Waals surface area contributed by atoms with Gasteiger partial charge < -0.3 is 4.74 Å². The summed E-state index contributed by atoms with van der Waals surface area (Å²) in [5.74, 6) is 0.840. The van der Waals surface area contributed by atoms with Gasteiger partial charge in [0.05, 0.1) is 6.07 Å². The maximum absolute atomic E-state index is 9.00. The number of aryl methyl sites for hydroxylation is 1. The van der Waals surface area contributed by atoms with Gasteiger partial charge in [-0.2, -0.15) is 5.26 Å². The smallest absolute Gasteiger partial charge is 0.130 e. The van der Waals surface area contributed by atoms with Gasteiger partial charge in [0.1, 0.15) is 18.4 Å². The normalized spacial score (nSPS) is 16.0. The van der Waals surface area contributed by atoms with Gasteiger partial charge in [0.25, 0.3) is 0 Å². The summed E-state index contributed by atoms with van der Waals surface area (Å²) < 4.78 is 5.64. The van der Waals surface area contributed by atoms with E-state index in [1.165, 1.54) is 18.4 Å². The third kappa shape index (κ3) is 4.05. The lowest BCUT2D eigenvalue weighted by Gasteiger charge is -2.12. The van der Waals surface area contributed by atoms with Crippen molar-refractivity contribution in [2.24, 2.45) is 0 Å². The van der Waals surface area contributed by atoms with Gasteiger partial charge in [0, 0.05) is 6.04 Å². The molecule has 1 aliphatic rings. The van der Waals surface area contributed by atoms with Gasteiger partial charge in [0.15, 0.2) is 0 Å². The van der Waals surface area contributed by atoms with Crippen LogP contribution in [0.2, 0.25) is 0 Å². The fraction of sp³-hybridized carbons (Fsp3) is 0.533. The maximum atomic E-state index is 9.00. The second-order valence-electron chi connectivity index (χ2n) is 4.83. The molecule has 1 unspecified atom stereocenters. The summed E-state index contributed by atoms with van der Waals surface area (Å²) in [7, 11) is 0. The van der Waals surface area contributed by atoms with E-state index in [0.29, 0.717) is 12.6 Å². The third-order valence-corrected chi connectivity index (χ3v) is 3.05. The molecule has 0 bridgehead atoms. The van der Waals surface area contributed by atoms with Crippen molar-refractivity contribution in [3.63, 3.8) is 0 Å². The predicted molar refractivity (Wildman–Crippen MR) is 71.5 cm³/mol. The Balaban J connectivity index is 1.79. The monoisotopic (exact) mass is 244 g/mol. The van der Waals surface area contributed by atoms with Gasteiger partial charge in [-0.15, -0.1) is 0 Å². The van der Waals surface area contributed by atoms with E-state index >= 15 is 0 Å². The quantitative estimate of drug-likeness (QED) is 0.802. The first-order valence-corrected chi connectivity index (χ1v) is 6.69. The molecule has 3 heteroatoms. The molecule has 1 aromatic rings. The number of nitriles is 1. The molecule has 0 aliphatic heterocycles. The summed E-state index contributed by atoms with van der Waals surface area (Å²) in [5, 5.41) is 12.3. The van der Waals surface area contributed by atoms with E-state index in [9.17, 15) is 0 Å². The lowest BCUT2D eigenvalue weighted by atomic mass is 10.1. The molecule has 0 amide bonds. The Morgan fingerprint density at radius 2 is 2.11 bits per heavy atom. The van der Waals surface area contributed by atoms with Crippen LogP contribution in [0.25, 0.3) is 0 Å². The van der Waals surface area contributed by atoms with Crippen LogP contribution in [0.4, 0.5) is 0 Å². The average molecular weight is 244 g/mol. The topological polar surface area (TPSA) is 45.0 Å². The maximum Gasteiger partial charge on any atom is 0.130 e. The molecular weight excluding hydrogens is 224 g/mol. The van der Waals surface area contributed by atoms with Crippen molar-refractivity contribution >= 4 is 0 Å². The predicted octanol–water partition coefficient (Wildman–Crippen LogP) is 2.66. The van der Waals surface area contributed by atoms with E-state index in [1.54, 1.807) is 0 Å². The largest absolute Gasteiger partial charge is 0.491 e. The van der Waals surface area contributed by atoms with Crippen LogP contribution in [0.3, 0.4) is 0 Å². The molecule has 1 atom stereocenters. The molecule has 1 aliphatic carbocycles. The molecule has 96 valence electrons. The average Bonchev–Trinajstić information content (AvgIpc) is 3.20. The summed E-state index contributed by atoms with van der Waals surface area (Å²) >= 11 is 0. The highest BCUT2D eigenvalue weighted by atomic mass is 16.5. The number of nitrogens with one attached hydrogen (secondary N) is 1. The van der Waals surface area contributed by atoms with E-state index in [2.05, 4.69) is 30.4 Å². The molecule has 18 heavy (non-hydrogen) atoms. The van der Waals surface area contributed by atoms with Gasteiger partial charge in [-0.3, -0.25) is 5.32 Å². The molecule has 0 aromatic heterocycles. The molecule has 0 saturated heterocycles. The molecule has 2 rings (SSSR count). The van der Waals surface area contributed by atoms with Crippen molar-refractivity contribution in [2.45, 2.75) is 44.7 Å². The van der Waals surface area contributed by atoms with Crippen molar-refractivity contribution in [3.05, 3.63) is 29.8 Å². The molecule has 1 fully saturated rings. The highest BCUT2D eigenvalue weighted by Gasteiger charge is 2.24. The molecule has 0 radical (unpaired) electrons. The Morgan fingerprint density at radius 1 is 1.39 bits per heavy atom. The van der Waals surface area contributed by atoms with Crippen LogP contribution in [0.1, 0.15) is 31.7 Å². The lowest BCUT2D eigenvalue weighted by Crippen LogP contribution is -2.34. The van der Waals surface area contributed by atoms with Crippen LogP contribution >= 0.6 is 0 Å². The van der Waals surface area contributed by atoms with Crippen LogP contribution in [0.5, 0.6) is 5.75 Å². The zero-order valence-electron chi connectivity index (χ0n) is 10.9. The van der Waals surface area contributed by atoms with Crippen molar-refractivity contribution < 1.29 is 4.74 Å². The number of ether oxygens (including phenoxy) is 1. The lowest BCUT2D eigenvalue weighted by molar-refractivity contribution is 0.288. The van der Waals surface area contributed by atoms with E-state index in [4.69, 9.17) is 10.00 Å². The number of rotatable bonds is 7. The Hall–Kier alpha value is -1.53. The van der Waals surface area contributed by atoms with Crippen molar-refractivity contribution in [2.75, 3.05) is 6.61 Å². The van der Waals surface area contributed by atoms with Crippen LogP contribution in [0, 0.1) is 11.3 Å². The second kappa shape index (κ2) is 6.42. The van der Waals surface area contributed by atoms with Crippen molar-refractivity contribution in [1.82, 2.24) is 5.32 Å². The highest BCUT2D eigenvalue weighted by molar-refractivity contribution is 5.27. The van der Waals surface area contributed by atoms with Crippen LogP contribution in [-0.4, -0.2) is 18.7 Å². The summed E-state index contributed by atoms with van der Waals surface area (Å²) in [6, 6.07) is 10.7. The van der Waals surface area contributed by atoms with Gasteiger partial charge >= 0.3 is 0 Å². The van der Waals surface area contributed by atoms with Crippen LogP contribution in [-0.2, 0) is 6.42 Å². The minimum Gasteiger partial charge on any atom is -0.491 e. The first-order chi connectivity index (χ1) is 8.81. The van der Waals surface area contributed by atoms with Gasteiger partial charge in [-0.1, -0.05) is 25.5 Å². The van der Waals surface area contributed by atoms with Gasteiger partial charge in [-0.25, -0.2) is 0 Å². The third-order valence-electron chi connectivity index (χ3n) is 3.05. The standard InChI is InChI=1S/C15H20N2O/c1-2-3-12-4-8-15(9-5-12)18-11-14(10-16)17-13-6-7-13/h4-5,8-9,13-14,17H,2-3,6-7,11H2,1H3. The summed E-state index contributed by atoms with van der Waals surface area (Å²) in [6.07, 6.45) is 4.63. The SMILES string of the molecule is CCCc1ccc(OCC(C#N)NC2CC2)cc1. The van der Waals surface area contributed by atoms with Crippen LogP contribution in [0.15, 0.2) is 24.3 Å². The Bertz CT molecular complexity index is 403. The van der Waals surface area contributed by atoms with E-state index in [1.807, 2.05) is 12.1 Å². The highest BCUT2D eigenvalue weighted by Crippen LogP contribution is 2.19. The zero-order chi connectivity index (χ0) is 12.8. The fourth-order valence-electron chi connectivity index (χ4n) is 1.88. The Morgan fingerprint density at radius 3 is 2.67 bits per heavy atom. The summed E-state index contributed by atoms with van der Waals surface area (Å²) in [5.41, 5.74) is 1.33. The first-order valence-electron chi connectivity index (χ1n) is 6.69. The fourth-order valence-corrected chi connectivity index (χ4v) is 1.88. The van der Waals surface area contributed by atoms with Gasteiger partial charge in [0.2, 0.25) is 0 Å². The Labute approximate surface area is 109 Å². The van der Waals surface area contributed by atoms with E-state index < -0.39 is 0 Å².